The fraction of sp³-hybridized carbons (Fsp3) is 0.440. The van der Waals surface area contributed by atoms with E-state index in [4.69, 9.17) is 4.74 Å². The number of ether oxygens (including phenoxy) is 1. The highest BCUT2D eigenvalue weighted by Crippen LogP contribution is 2.21. The highest BCUT2D eigenvalue weighted by molar-refractivity contribution is 9.10. The Bertz CT molecular complexity index is 900. The zero-order valence-electron chi connectivity index (χ0n) is 18.7. The van der Waals surface area contributed by atoms with E-state index in [0.29, 0.717) is 12.3 Å². The molecule has 0 aromatic heterocycles. The third-order valence-electron chi connectivity index (χ3n) is 5.76. The molecule has 0 spiro atoms. The summed E-state index contributed by atoms with van der Waals surface area (Å²) in [5, 5.41) is 3.14. The average molecular weight is 520 g/mol. The van der Waals surface area contributed by atoms with Crippen molar-refractivity contribution >= 4 is 39.5 Å². The molecule has 1 saturated carbocycles. The second kappa shape index (κ2) is 12.3. The molecule has 0 aliphatic heterocycles. The Labute approximate surface area is 203 Å². The van der Waals surface area contributed by atoms with E-state index in [9.17, 15) is 9.59 Å². The average Bonchev–Trinajstić information content (AvgIpc) is 3.31. The third kappa shape index (κ3) is 7.27. The molecule has 7 heteroatoms. The summed E-state index contributed by atoms with van der Waals surface area (Å²) in [6.45, 7) is 2.19. The van der Waals surface area contributed by atoms with Crippen molar-refractivity contribution < 1.29 is 14.3 Å². The van der Waals surface area contributed by atoms with Gasteiger partial charge in [-0.15, -0.1) is 11.8 Å². The Hall–Kier alpha value is -1.99. The number of nitrogens with one attached hydrogen (secondary N) is 1. The first kappa shape index (κ1) is 24.6. The minimum Gasteiger partial charge on any atom is -0.497 e. The van der Waals surface area contributed by atoms with Crippen molar-refractivity contribution in [2.24, 2.45) is 0 Å². The Morgan fingerprint density at radius 1 is 1.16 bits per heavy atom. The van der Waals surface area contributed by atoms with Gasteiger partial charge in [-0.1, -0.05) is 53.0 Å². The third-order valence-corrected chi connectivity index (χ3v) is 7.28. The molecule has 0 radical (unpaired) electrons. The van der Waals surface area contributed by atoms with Crippen LogP contribution in [0.4, 0.5) is 0 Å². The molecule has 1 unspecified atom stereocenters. The second-order valence-corrected chi connectivity index (χ2v) is 10.1. The lowest BCUT2D eigenvalue weighted by atomic mass is 10.1. The number of thioether (sulfide) groups is 1. The number of carbonyl (C=O) groups is 2. The molecule has 1 fully saturated rings. The first-order chi connectivity index (χ1) is 15.5. The largest absolute Gasteiger partial charge is 0.497 e. The number of hydrogen-bond acceptors (Lipinski definition) is 4. The van der Waals surface area contributed by atoms with Crippen LogP contribution in [0.15, 0.2) is 53.0 Å². The van der Waals surface area contributed by atoms with E-state index in [0.717, 1.165) is 52.8 Å². The van der Waals surface area contributed by atoms with Crippen molar-refractivity contribution in [1.82, 2.24) is 10.2 Å². The van der Waals surface area contributed by atoms with E-state index in [1.165, 1.54) is 0 Å². The van der Waals surface area contributed by atoms with Crippen LogP contribution in [-0.2, 0) is 21.9 Å². The summed E-state index contributed by atoms with van der Waals surface area (Å²) in [5.41, 5.74) is 2.11. The van der Waals surface area contributed by atoms with Gasteiger partial charge in [0.05, 0.1) is 12.9 Å². The minimum atomic E-state index is -0.539. The van der Waals surface area contributed by atoms with E-state index >= 15 is 0 Å². The van der Waals surface area contributed by atoms with E-state index in [-0.39, 0.29) is 17.9 Å². The summed E-state index contributed by atoms with van der Waals surface area (Å²) < 4.78 is 6.36. The summed E-state index contributed by atoms with van der Waals surface area (Å²) >= 11 is 5.01. The molecule has 5 nitrogen and oxygen atoms in total. The van der Waals surface area contributed by atoms with E-state index in [1.807, 2.05) is 55.5 Å². The van der Waals surface area contributed by atoms with Gasteiger partial charge in [-0.2, -0.15) is 0 Å². The van der Waals surface area contributed by atoms with Crippen molar-refractivity contribution in [3.63, 3.8) is 0 Å². The topological polar surface area (TPSA) is 58.6 Å². The molecule has 0 saturated heterocycles. The zero-order valence-corrected chi connectivity index (χ0v) is 21.1. The lowest BCUT2D eigenvalue weighted by molar-refractivity contribution is -0.138. The molecule has 1 aliphatic carbocycles. The molecule has 172 valence electrons. The number of benzene rings is 2. The molecule has 1 N–H and O–H groups in total. The lowest BCUT2D eigenvalue weighted by Crippen LogP contribution is -2.50. The Balaban J connectivity index is 1.66. The zero-order chi connectivity index (χ0) is 22.9. The van der Waals surface area contributed by atoms with Crippen LogP contribution in [0.25, 0.3) is 0 Å². The summed E-state index contributed by atoms with van der Waals surface area (Å²) in [4.78, 5) is 27.8. The maximum absolute atomic E-state index is 13.2. The van der Waals surface area contributed by atoms with Crippen LogP contribution in [0.1, 0.15) is 43.7 Å². The molecule has 2 amide bonds. The van der Waals surface area contributed by atoms with Gasteiger partial charge in [0.15, 0.2) is 0 Å². The highest BCUT2D eigenvalue weighted by Gasteiger charge is 2.28. The predicted octanol–water partition coefficient (Wildman–Crippen LogP) is 5.17. The molecule has 1 aliphatic rings. The SMILES string of the molecule is COc1cccc(CN(C(=O)CSCc2ccc(Br)cc2)C(C)C(=O)NC2CCCC2)c1. The van der Waals surface area contributed by atoms with Crippen LogP contribution in [0, 0.1) is 0 Å². The van der Waals surface area contributed by atoms with Gasteiger partial charge in [-0.05, 0) is 55.2 Å². The number of hydrogen-bond donors (Lipinski definition) is 1. The van der Waals surface area contributed by atoms with Gasteiger partial charge in [0, 0.05) is 22.8 Å². The Kier molecular flexibility index (Phi) is 9.48. The van der Waals surface area contributed by atoms with Crippen LogP contribution in [0.3, 0.4) is 0 Å². The normalized spacial score (nSPS) is 14.7. The summed E-state index contributed by atoms with van der Waals surface area (Å²) in [6.07, 6.45) is 4.34. The quantitative estimate of drug-likeness (QED) is 0.471. The molecule has 0 bridgehead atoms. The minimum absolute atomic E-state index is 0.0380. The van der Waals surface area contributed by atoms with Gasteiger partial charge in [-0.3, -0.25) is 9.59 Å². The van der Waals surface area contributed by atoms with Crippen molar-refractivity contribution in [3.8, 4) is 5.75 Å². The number of methoxy groups -OCH3 is 1. The van der Waals surface area contributed by atoms with E-state index in [1.54, 1.807) is 23.8 Å². The molecule has 3 rings (SSSR count). The number of amides is 2. The first-order valence-electron chi connectivity index (χ1n) is 11.0. The fourth-order valence-corrected chi connectivity index (χ4v) is 5.00. The highest BCUT2D eigenvalue weighted by atomic mass is 79.9. The molecule has 1 atom stereocenters. The van der Waals surface area contributed by atoms with Crippen molar-refractivity contribution in [1.29, 1.82) is 0 Å². The Morgan fingerprint density at radius 2 is 1.88 bits per heavy atom. The van der Waals surface area contributed by atoms with Gasteiger partial charge >= 0.3 is 0 Å². The Morgan fingerprint density at radius 3 is 2.56 bits per heavy atom. The van der Waals surface area contributed by atoms with Crippen LogP contribution in [0.2, 0.25) is 0 Å². The number of carbonyl (C=O) groups excluding carboxylic acids is 2. The summed E-state index contributed by atoms with van der Waals surface area (Å²) in [7, 11) is 1.62. The first-order valence-corrected chi connectivity index (χ1v) is 13.0. The van der Waals surface area contributed by atoms with Gasteiger partial charge in [-0.25, -0.2) is 0 Å². The summed E-state index contributed by atoms with van der Waals surface area (Å²) in [5.74, 6) is 1.69. The van der Waals surface area contributed by atoms with E-state index in [2.05, 4.69) is 21.2 Å². The molecule has 0 heterocycles. The smallest absolute Gasteiger partial charge is 0.242 e. The van der Waals surface area contributed by atoms with Crippen molar-refractivity contribution in [3.05, 3.63) is 64.1 Å². The summed E-state index contributed by atoms with van der Waals surface area (Å²) in [6, 6.07) is 15.4. The second-order valence-electron chi connectivity index (χ2n) is 8.16. The standard InChI is InChI=1S/C25H31BrN2O3S/c1-18(25(30)27-22-7-3-4-8-22)28(15-20-6-5-9-23(14-20)31-2)24(29)17-32-16-19-10-12-21(26)13-11-19/h5-6,9-14,18,22H,3-4,7-8,15-17H2,1-2H3,(H,27,30). The maximum atomic E-state index is 13.2. The van der Waals surface area contributed by atoms with Crippen LogP contribution in [-0.4, -0.2) is 41.7 Å². The van der Waals surface area contributed by atoms with Crippen LogP contribution < -0.4 is 10.1 Å². The van der Waals surface area contributed by atoms with Gasteiger partial charge in [0.1, 0.15) is 11.8 Å². The van der Waals surface area contributed by atoms with Crippen molar-refractivity contribution in [2.45, 2.75) is 57.0 Å². The number of rotatable bonds is 10. The van der Waals surface area contributed by atoms with Crippen molar-refractivity contribution in [2.75, 3.05) is 12.9 Å². The van der Waals surface area contributed by atoms with Crippen LogP contribution in [0.5, 0.6) is 5.75 Å². The van der Waals surface area contributed by atoms with Crippen LogP contribution >= 0.6 is 27.7 Å². The maximum Gasteiger partial charge on any atom is 0.242 e. The fourth-order valence-electron chi connectivity index (χ4n) is 3.86. The van der Waals surface area contributed by atoms with Gasteiger partial charge in [0.2, 0.25) is 11.8 Å². The van der Waals surface area contributed by atoms with Gasteiger partial charge < -0.3 is 15.0 Å². The molecule has 2 aromatic carbocycles. The molecular weight excluding hydrogens is 488 g/mol. The molecule has 32 heavy (non-hydrogen) atoms. The molecular formula is C25H31BrN2O3S. The van der Waals surface area contributed by atoms with E-state index < -0.39 is 6.04 Å². The van der Waals surface area contributed by atoms with Gasteiger partial charge in [0.25, 0.3) is 0 Å². The lowest BCUT2D eigenvalue weighted by Gasteiger charge is -2.29. The predicted molar refractivity (Wildman–Crippen MR) is 134 cm³/mol. The number of nitrogens with zero attached hydrogens (tertiary/aromatic N) is 1. The monoisotopic (exact) mass is 518 g/mol. The number of halogens is 1. The molecule has 2 aromatic rings.